The standard InChI is InChI=1S/C24H21Cl2NO3/c1-13-21(24(29)30-2)22(15-4-3-5-18(26)10-15)23-19(27-13)11-16(12-20(23)28)14-6-8-17(25)9-7-14/h3-10,16,22,27H,11-12H2,1-2H3/t16-,22+/m0/s1. The van der Waals surface area contributed by atoms with Crippen molar-refractivity contribution >= 4 is 35.0 Å². The predicted molar refractivity (Wildman–Crippen MR) is 118 cm³/mol. The number of carbonyl (C=O) groups is 2. The van der Waals surface area contributed by atoms with Gasteiger partial charge in [-0.15, -0.1) is 0 Å². The van der Waals surface area contributed by atoms with Gasteiger partial charge in [0.15, 0.2) is 5.78 Å². The maximum Gasteiger partial charge on any atom is 0.336 e. The third-order valence-electron chi connectivity index (χ3n) is 5.76. The molecule has 1 aliphatic heterocycles. The van der Waals surface area contributed by atoms with E-state index in [-0.39, 0.29) is 11.7 Å². The maximum atomic E-state index is 13.4. The van der Waals surface area contributed by atoms with Crippen molar-refractivity contribution in [3.05, 3.63) is 92.2 Å². The summed E-state index contributed by atoms with van der Waals surface area (Å²) in [6.07, 6.45) is 1.04. The second-order valence-corrected chi connectivity index (χ2v) is 8.49. The largest absolute Gasteiger partial charge is 0.466 e. The van der Waals surface area contributed by atoms with Crippen molar-refractivity contribution < 1.29 is 14.3 Å². The van der Waals surface area contributed by atoms with Gasteiger partial charge in [0.05, 0.1) is 12.7 Å². The molecule has 0 radical (unpaired) electrons. The second kappa shape index (κ2) is 8.29. The fourth-order valence-electron chi connectivity index (χ4n) is 4.41. The zero-order valence-corrected chi connectivity index (χ0v) is 18.2. The summed E-state index contributed by atoms with van der Waals surface area (Å²) in [5, 5.41) is 4.54. The van der Waals surface area contributed by atoms with Gasteiger partial charge >= 0.3 is 5.97 Å². The van der Waals surface area contributed by atoms with Crippen LogP contribution >= 0.6 is 23.2 Å². The monoisotopic (exact) mass is 441 g/mol. The summed E-state index contributed by atoms with van der Waals surface area (Å²) in [6.45, 7) is 1.84. The Labute approximate surface area is 185 Å². The number of esters is 1. The molecule has 30 heavy (non-hydrogen) atoms. The lowest BCUT2D eigenvalue weighted by molar-refractivity contribution is -0.136. The number of allylic oxidation sites excluding steroid dienone is 3. The molecule has 6 heteroatoms. The minimum Gasteiger partial charge on any atom is -0.466 e. The number of halogens is 2. The molecule has 1 heterocycles. The normalized spacial score (nSPS) is 21.3. The maximum absolute atomic E-state index is 13.4. The molecule has 4 rings (SSSR count). The second-order valence-electron chi connectivity index (χ2n) is 7.62. The van der Waals surface area contributed by atoms with E-state index in [2.05, 4.69) is 5.32 Å². The summed E-state index contributed by atoms with van der Waals surface area (Å²) >= 11 is 12.2. The van der Waals surface area contributed by atoms with Gasteiger partial charge in [0.1, 0.15) is 0 Å². The lowest BCUT2D eigenvalue weighted by atomic mass is 9.72. The molecule has 1 N–H and O–H groups in total. The summed E-state index contributed by atoms with van der Waals surface area (Å²) in [4.78, 5) is 26.0. The van der Waals surface area contributed by atoms with Crippen LogP contribution in [0.15, 0.2) is 71.1 Å². The quantitative estimate of drug-likeness (QED) is 0.636. The summed E-state index contributed by atoms with van der Waals surface area (Å²) in [5.41, 5.74) is 4.47. The van der Waals surface area contributed by atoms with Crippen LogP contribution in [0.3, 0.4) is 0 Å². The van der Waals surface area contributed by atoms with Gasteiger partial charge in [0, 0.05) is 39.4 Å². The Bertz CT molecular complexity index is 1090. The van der Waals surface area contributed by atoms with E-state index < -0.39 is 11.9 Å². The van der Waals surface area contributed by atoms with E-state index in [1.54, 1.807) is 12.1 Å². The highest BCUT2D eigenvalue weighted by atomic mass is 35.5. The van der Waals surface area contributed by atoms with Gasteiger partial charge in [-0.05, 0) is 54.7 Å². The number of ketones is 1. The molecule has 0 unspecified atom stereocenters. The highest BCUT2D eigenvalue weighted by Gasteiger charge is 2.41. The molecule has 0 aromatic heterocycles. The predicted octanol–water partition coefficient (Wildman–Crippen LogP) is 5.53. The smallest absolute Gasteiger partial charge is 0.336 e. The van der Waals surface area contributed by atoms with Crippen molar-refractivity contribution in [2.75, 3.05) is 7.11 Å². The first-order valence-corrected chi connectivity index (χ1v) is 10.5. The summed E-state index contributed by atoms with van der Waals surface area (Å²) < 4.78 is 5.04. The molecular weight excluding hydrogens is 421 g/mol. The van der Waals surface area contributed by atoms with Crippen molar-refractivity contribution in [2.45, 2.75) is 31.6 Å². The fourth-order valence-corrected chi connectivity index (χ4v) is 4.73. The van der Waals surface area contributed by atoms with Gasteiger partial charge in [-0.2, -0.15) is 0 Å². The molecule has 0 saturated heterocycles. The Kier molecular flexibility index (Phi) is 5.72. The minimum absolute atomic E-state index is 0.0163. The van der Waals surface area contributed by atoms with Gasteiger partial charge in [-0.3, -0.25) is 4.79 Å². The van der Waals surface area contributed by atoms with Crippen LogP contribution in [0.5, 0.6) is 0 Å². The lowest BCUT2D eigenvalue weighted by Gasteiger charge is -2.36. The molecule has 2 aromatic rings. The third-order valence-corrected chi connectivity index (χ3v) is 6.24. The van der Waals surface area contributed by atoms with E-state index in [0.717, 1.165) is 16.8 Å². The van der Waals surface area contributed by atoms with Gasteiger partial charge in [0.25, 0.3) is 0 Å². The average molecular weight is 442 g/mol. The Morgan fingerprint density at radius 2 is 1.77 bits per heavy atom. The van der Waals surface area contributed by atoms with Crippen molar-refractivity contribution in [3.8, 4) is 0 Å². The molecular formula is C24H21Cl2NO3. The fraction of sp³-hybridized carbons (Fsp3) is 0.250. The first kappa shape index (κ1) is 20.7. The summed E-state index contributed by atoms with van der Waals surface area (Å²) in [5.74, 6) is -0.897. The van der Waals surface area contributed by atoms with Crippen LogP contribution in [-0.2, 0) is 14.3 Å². The molecule has 0 bridgehead atoms. The number of hydrogen-bond acceptors (Lipinski definition) is 4. The highest BCUT2D eigenvalue weighted by Crippen LogP contribution is 2.46. The number of carbonyl (C=O) groups excluding carboxylic acids is 2. The van der Waals surface area contributed by atoms with Crippen LogP contribution in [0.1, 0.15) is 42.7 Å². The number of dihydropyridines is 1. The Balaban J connectivity index is 1.80. The van der Waals surface area contributed by atoms with Gasteiger partial charge in [0.2, 0.25) is 0 Å². The molecule has 2 atom stereocenters. The number of nitrogens with one attached hydrogen (secondary N) is 1. The SMILES string of the molecule is COC(=O)C1=C(C)NC2=C(C(=O)C[C@@H](c3ccc(Cl)cc3)C2)[C@@H]1c1cccc(Cl)c1. The van der Waals surface area contributed by atoms with E-state index >= 15 is 0 Å². The molecule has 0 amide bonds. The number of Topliss-reactive ketones (excluding diaryl/α,β-unsaturated/α-hetero) is 1. The zero-order chi connectivity index (χ0) is 21.4. The Morgan fingerprint density at radius 1 is 1.03 bits per heavy atom. The van der Waals surface area contributed by atoms with Crippen molar-refractivity contribution in [1.29, 1.82) is 0 Å². The number of methoxy groups -OCH3 is 1. The molecule has 1 aliphatic carbocycles. The van der Waals surface area contributed by atoms with Gasteiger partial charge in [-0.1, -0.05) is 47.5 Å². The van der Waals surface area contributed by atoms with E-state index in [1.807, 2.05) is 43.3 Å². The average Bonchev–Trinajstić information content (AvgIpc) is 2.72. The van der Waals surface area contributed by atoms with Gasteiger partial charge in [-0.25, -0.2) is 4.79 Å². The number of benzene rings is 2. The summed E-state index contributed by atoms with van der Waals surface area (Å²) in [6, 6.07) is 14.9. The Hall–Kier alpha value is -2.56. The molecule has 0 fully saturated rings. The highest BCUT2D eigenvalue weighted by molar-refractivity contribution is 6.30. The van der Waals surface area contributed by atoms with Crippen LogP contribution < -0.4 is 5.32 Å². The van der Waals surface area contributed by atoms with Crippen LogP contribution in [0.4, 0.5) is 0 Å². The summed E-state index contributed by atoms with van der Waals surface area (Å²) in [7, 11) is 1.35. The number of hydrogen-bond donors (Lipinski definition) is 1. The molecule has 2 aromatic carbocycles. The first-order chi connectivity index (χ1) is 14.4. The van der Waals surface area contributed by atoms with Crippen LogP contribution in [-0.4, -0.2) is 18.9 Å². The van der Waals surface area contributed by atoms with E-state index in [4.69, 9.17) is 27.9 Å². The van der Waals surface area contributed by atoms with E-state index in [1.165, 1.54) is 7.11 Å². The zero-order valence-electron chi connectivity index (χ0n) is 16.7. The molecule has 154 valence electrons. The molecule has 4 nitrogen and oxygen atoms in total. The first-order valence-electron chi connectivity index (χ1n) is 9.72. The van der Waals surface area contributed by atoms with Crippen LogP contribution in [0.25, 0.3) is 0 Å². The third kappa shape index (κ3) is 3.78. The Morgan fingerprint density at radius 3 is 2.43 bits per heavy atom. The molecule has 0 saturated carbocycles. The lowest BCUT2D eigenvalue weighted by Crippen LogP contribution is -2.36. The molecule has 2 aliphatic rings. The number of rotatable bonds is 3. The number of ether oxygens (including phenoxy) is 1. The van der Waals surface area contributed by atoms with E-state index in [9.17, 15) is 9.59 Å². The van der Waals surface area contributed by atoms with Crippen molar-refractivity contribution in [1.82, 2.24) is 5.32 Å². The van der Waals surface area contributed by atoms with Gasteiger partial charge < -0.3 is 10.1 Å². The topological polar surface area (TPSA) is 55.4 Å². The minimum atomic E-state index is -0.508. The molecule has 0 spiro atoms. The van der Waals surface area contributed by atoms with E-state index in [0.29, 0.717) is 39.7 Å². The van der Waals surface area contributed by atoms with Crippen molar-refractivity contribution in [3.63, 3.8) is 0 Å². The van der Waals surface area contributed by atoms with Crippen LogP contribution in [0.2, 0.25) is 10.0 Å². The van der Waals surface area contributed by atoms with Crippen LogP contribution in [0, 0.1) is 0 Å². The van der Waals surface area contributed by atoms with Crippen molar-refractivity contribution in [2.24, 2.45) is 0 Å².